The van der Waals surface area contributed by atoms with Crippen molar-refractivity contribution in [1.29, 1.82) is 0 Å². The molecule has 1 saturated heterocycles. The number of morpholine rings is 1. The van der Waals surface area contributed by atoms with Crippen LogP contribution in [0.4, 0.5) is 0 Å². The van der Waals surface area contributed by atoms with Gasteiger partial charge in [-0.2, -0.15) is 0 Å². The first-order valence-corrected chi connectivity index (χ1v) is 8.41. The largest absolute Gasteiger partial charge is 0.387 e. The van der Waals surface area contributed by atoms with Crippen molar-refractivity contribution in [2.75, 3.05) is 39.4 Å². The fourth-order valence-electron chi connectivity index (χ4n) is 2.81. The molecule has 1 aliphatic rings. The van der Waals surface area contributed by atoms with Crippen molar-refractivity contribution < 1.29 is 14.6 Å². The Bertz CT molecular complexity index is 590. The molecule has 1 unspecified atom stereocenters. The molecule has 132 valence electrons. The van der Waals surface area contributed by atoms with Crippen LogP contribution in [0.1, 0.15) is 23.6 Å². The van der Waals surface area contributed by atoms with Gasteiger partial charge in [-0.3, -0.25) is 9.69 Å². The first kappa shape index (κ1) is 18.6. The van der Waals surface area contributed by atoms with E-state index in [9.17, 15) is 9.90 Å². The van der Waals surface area contributed by atoms with Gasteiger partial charge in [0.15, 0.2) is 0 Å². The zero-order valence-corrected chi connectivity index (χ0v) is 14.8. The van der Waals surface area contributed by atoms with E-state index in [-0.39, 0.29) is 12.5 Å². The molecular formula is C19H28N2O3. The summed E-state index contributed by atoms with van der Waals surface area (Å²) in [6, 6.07) is 6.12. The Morgan fingerprint density at radius 1 is 1.38 bits per heavy atom. The number of β-amino-alcohol motifs (C(OH)–C–C–N with tert-alkyl or cyclic N) is 1. The fraction of sp³-hybridized carbons (Fsp3) is 0.526. The summed E-state index contributed by atoms with van der Waals surface area (Å²) in [5, 5.41) is 13.2. The van der Waals surface area contributed by atoms with Crippen molar-refractivity contribution in [3.05, 3.63) is 41.0 Å². The van der Waals surface area contributed by atoms with Crippen LogP contribution in [-0.2, 0) is 9.53 Å². The molecule has 0 saturated carbocycles. The molecule has 0 bridgehead atoms. The highest BCUT2D eigenvalue weighted by atomic mass is 16.5. The van der Waals surface area contributed by atoms with E-state index in [1.165, 1.54) is 11.6 Å². The molecule has 1 aromatic carbocycles. The van der Waals surface area contributed by atoms with Crippen LogP contribution in [0.15, 0.2) is 24.3 Å². The summed E-state index contributed by atoms with van der Waals surface area (Å²) in [7, 11) is 0. The summed E-state index contributed by atoms with van der Waals surface area (Å²) in [5.41, 5.74) is 2.41. The van der Waals surface area contributed by atoms with Crippen LogP contribution in [0.2, 0.25) is 0 Å². The lowest BCUT2D eigenvalue weighted by atomic mass is 10.1. The third-order valence-electron chi connectivity index (χ3n) is 4.15. The molecule has 0 aliphatic carbocycles. The average molecular weight is 332 g/mol. The first-order valence-electron chi connectivity index (χ1n) is 8.41. The number of carbonyl (C=O) groups excluding carboxylic acids is 1. The fourth-order valence-corrected chi connectivity index (χ4v) is 2.81. The molecule has 24 heavy (non-hydrogen) atoms. The van der Waals surface area contributed by atoms with E-state index in [0.717, 1.165) is 24.2 Å². The van der Waals surface area contributed by atoms with E-state index in [0.29, 0.717) is 19.8 Å². The van der Waals surface area contributed by atoms with Gasteiger partial charge in [-0.05, 0) is 38.0 Å². The number of amides is 1. The number of aryl methyl sites for hydroxylation is 2. The molecule has 5 heteroatoms. The van der Waals surface area contributed by atoms with Gasteiger partial charge in [0.25, 0.3) is 0 Å². The van der Waals surface area contributed by atoms with Gasteiger partial charge in [-0.1, -0.05) is 23.8 Å². The zero-order chi connectivity index (χ0) is 17.6. The summed E-state index contributed by atoms with van der Waals surface area (Å²) in [4.78, 5) is 14.1. The molecule has 0 aromatic heterocycles. The minimum Gasteiger partial charge on any atom is -0.387 e. The maximum atomic E-state index is 12.0. The van der Waals surface area contributed by atoms with E-state index in [4.69, 9.17) is 4.74 Å². The Hall–Kier alpha value is -1.69. The predicted octanol–water partition coefficient (Wildman–Crippen LogP) is 1.52. The maximum Gasteiger partial charge on any atom is 0.244 e. The Morgan fingerprint density at radius 3 is 2.75 bits per heavy atom. The van der Waals surface area contributed by atoms with Crippen molar-refractivity contribution >= 4 is 12.0 Å². The van der Waals surface area contributed by atoms with E-state index in [2.05, 4.69) is 16.3 Å². The number of aliphatic hydroxyl groups is 1. The van der Waals surface area contributed by atoms with Gasteiger partial charge in [0.2, 0.25) is 5.91 Å². The number of hydrogen-bond acceptors (Lipinski definition) is 4. The third-order valence-corrected chi connectivity index (χ3v) is 4.15. The van der Waals surface area contributed by atoms with Gasteiger partial charge in [0.05, 0.1) is 18.8 Å². The Morgan fingerprint density at radius 2 is 2.08 bits per heavy atom. The summed E-state index contributed by atoms with van der Waals surface area (Å²) in [6.07, 6.45) is 3.32. The number of carbonyl (C=O) groups is 1. The van der Waals surface area contributed by atoms with Crippen molar-refractivity contribution in [3.63, 3.8) is 0 Å². The molecule has 1 heterocycles. The quantitative estimate of drug-likeness (QED) is 0.776. The third kappa shape index (κ3) is 6.07. The summed E-state index contributed by atoms with van der Waals surface area (Å²) in [6.45, 7) is 9.59. The number of hydrogen-bond donors (Lipinski definition) is 2. The van der Waals surface area contributed by atoms with E-state index in [1.54, 1.807) is 13.0 Å². The monoisotopic (exact) mass is 332 g/mol. The van der Waals surface area contributed by atoms with Crippen LogP contribution in [-0.4, -0.2) is 60.9 Å². The zero-order valence-electron chi connectivity index (χ0n) is 14.8. The van der Waals surface area contributed by atoms with Gasteiger partial charge < -0.3 is 15.2 Å². The number of benzene rings is 1. The number of nitrogens with one attached hydrogen (secondary N) is 1. The van der Waals surface area contributed by atoms with Gasteiger partial charge >= 0.3 is 0 Å². The van der Waals surface area contributed by atoms with Crippen LogP contribution in [0.25, 0.3) is 6.08 Å². The normalized spacial score (nSPS) is 18.5. The van der Waals surface area contributed by atoms with Crippen molar-refractivity contribution in [3.8, 4) is 0 Å². The van der Waals surface area contributed by atoms with Crippen LogP contribution in [0.5, 0.6) is 0 Å². The summed E-state index contributed by atoms with van der Waals surface area (Å²) in [5.74, 6) is -0.197. The molecule has 1 amide bonds. The second-order valence-electron chi connectivity index (χ2n) is 6.80. The molecule has 2 N–H and O–H groups in total. The average Bonchev–Trinajstić information content (AvgIpc) is 2.53. The van der Waals surface area contributed by atoms with Crippen LogP contribution in [0, 0.1) is 13.8 Å². The topological polar surface area (TPSA) is 61.8 Å². The molecule has 2 rings (SSSR count). The number of nitrogens with zero attached hydrogens (tertiary/aromatic N) is 1. The summed E-state index contributed by atoms with van der Waals surface area (Å²) < 4.78 is 5.30. The molecule has 1 aromatic rings. The Balaban J connectivity index is 1.81. The van der Waals surface area contributed by atoms with Crippen LogP contribution < -0.4 is 5.32 Å². The lowest BCUT2D eigenvalue weighted by Gasteiger charge is -2.33. The maximum absolute atomic E-state index is 12.0. The van der Waals surface area contributed by atoms with Crippen molar-refractivity contribution in [2.24, 2.45) is 0 Å². The highest BCUT2D eigenvalue weighted by Crippen LogP contribution is 2.12. The van der Waals surface area contributed by atoms with Gasteiger partial charge in [-0.15, -0.1) is 0 Å². The van der Waals surface area contributed by atoms with Gasteiger partial charge in [-0.25, -0.2) is 0 Å². The second-order valence-corrected chi connectivity index (χ2v) is 6.80. The Labute approximate surface area is 144 Å². The predicted molar refractivity (Wildman–Crippen MR) is 95.8 cm³/mol. The van der Waals surface area contributed by atoms with Crippen LogP contribution >= 0.6 is 0 Å². The molecule has 1 aliphatic heterocycles. The molecule has 5 nitrogen and oxygen atoms in total. The van der Waals surface area contributed by atoms with Gasteiger partial charge in [0.1, 0.15) is 0 Å². The first-order chi connectivity index (χ1) is 11.4. The smallest absolute Gasteiger partial charge is 0.244 e. The molecule has 1 fully saturated rings. The van der Waals surface area contributed by atoms with E-state index < -0.39 is 5.60 Å². The van der Waals surface area contributed by atoms with E-state index in [1.807, 2.05) is 26.0 Å². The SMILES string of the molecule is Cc1ccc(C=CC(=O)NCC(C)(O)CN2CCOCC2)c(C)c1. The van der Waals surface area contributed by atoms with Gasteiger partial charge in [0, 0.05) is 32.3 Å². The highest BCUT2D eigenvalue weighted by Gasteiger charge is 2.25. The van der Waals surface area contributed by atoms with Crippen LogP contribution in [0.3, 0.4) is 0 Å². The second kappa shape index (κ2) is 8.42. The van der Waals surface area contributed by atoms with Crippen molar-refractivity contribution in [2.45, 2.75) is 26.4 Å². The Kier molecular flexibility index (Phi) is 6.54. The number of ether oxygens (including phenoxy) is 1. The van der Waals surface area contributed by atoms with Crippen molar-refractivity contribution in [1.82, 2.24) is 10.2 Å². The minimum atomic E-state index is -0.958. The molecule has 0 radical (unpaired) electrons. The highest BCUT2D eigenvalue weighted by molar-refractivity contribution is 5.91. The molecule has 1 atom stereocenters. The molecular weight excluding hydrogens is 304 g/mol. The minimum absolute atomic E-state index is 0.197. The lowest BCUT2D eigenvalue weighted by molar-refractivity contribution is -0.117. The summed E-state index contributed by atoms with van der Waals surface area (Å²) >= 11 is 0. The standard InChI is InChI=1S/C19H28N2O3/c1-15-4-5-17(16(2)12-15)6-7-18(22)20-13-19(3,23)14-21-8-10-24-11-9-21/h4-7,12,23H,8-11,13-14H2,1-3H3,(H,20,22). The number of rotatable bonds is 6. The lowest BCUT2D eigenvalue weighted by Crippen LogP contribution is -2.51. The van der Waals surface area contributed by atoms with E-state index >= 15 is 0 Å². The molecule has 0 spiro atoms.